The standard InChI is InChI=1S/C25H37FN6.HI/c1-4-27-25(29-18-20-10-11-24(23(26)17-20)32(5-2)6-3)30-21-12-15-31(16-13-21)19-22-9-7-8-14-28-22;/h7-11,14,17,21H,4-6,12-13,15-16,18-19H2,1-3H3,(H2,27,29,30);1H. The Morgan fingerprint density at radius 1 is 1.15 bits per heavy atom. The average Bonchev–Trinajstić information content (AvgIpc) is 2.81. The Morgan fingerprint density at radius 2 is 1.91 bits per heavy atom. The van der Waals surface area contributed by atoms with Gasteiger partial charge in [-0.3, -0.25) is 9.88 Å². The fourth-order valence-corrected chi connectivity index (χ4v) is 4.11. The number of anilines is 1. The molecule has 1 aromatic heterocycles. The number of nitrogens with zero attached hydrogens (tertiary/aromatic N) is 4. The van der Waals surface area contributed by atoms with Crippen molar-refractivity contribution in [3.05, 3.63) is 59.7 Å². The molecule has 0 amide bonds. The molecule has 2 aromatic rings. The predicted molar refractivity (Wildman–Crippen MR) is 146 cm³/mol. The van der Waals surface area contributed by atoms with Gasteiger partial charge in [0, 0.05) is 51.5 Å². The third kappa shape index (κ3) is 8.41. The van der Waals surface area contributed by atoms with Gasteiger partial charge in [0.2, 0.25) is 0 Å². The molecule has 0 aliphatic carbocycles. The quantitative estimate of drug-likeness (QED) is 0.267. The van der Waals surface area contributed by atoms with E-state index in [-0.39, 0.29) is 29.8 Å². The van der Waals surface area contributed by atoms with Gasteiger partial charge >= 0.3 is 0 Å². The Hall–Kier alpha value is -1.94. The lowest BCUT2D eigenvalue weighted by Gasteiger charge is -2.32. The molecule has 8 heteroatoms. The summed E-state index contributed by atoms with van der Waals surface area (Å²) in [4.78, 5) is 13.6. The van der Waals surface area contributed by atoms with Gasteiger partial charge in [0.25, 0.3) is 0 Å². The van der Waals surface area contributed by atoms with Crippen LogP contribution < -0.4 is 15.5 Å². The van der Waals surface area contributed by atoms with Crippen molar-refractivity contribution in [3.63, 3.8) is 0 Å². The minimum Gasteiger partial charge on any atom is -0.370 e. The van der Waals surface area contributed by atoms with Gasteiger partial charge in [0.15, 0.2) is 5.96 Å². The maximum absolute atomic E-state index is 14.6. The molecule has 2 N–H and O–H groups in total. The number of aliphatic imine (C=N–C) groups is 1. The first-order valence-corrected chi connectivity index (χ1v) is 11.8. The van der Waals surface area contributed by atoms with Crippen molar-refractivity contribution < 1.29 is 4.39 Å². The van der Waals surface area contributed by atoms with Crippen molar-refractivity contribution in [1.29, 1.82) is 0 Å². The van der Waals surface area contributed by atoms with E-state index in [1.807, 2.05) is 49.2 Å². The van der Waals surface area contributed by atoms with Crippen LogP contribution in [0.3, 0.4) is 0 Å². The number of nitrogens with one attached hydrogen (secondary N) is 2. The normalized spacial score (nSPS) is 15.1. The topological polar surface area (TPSA) is 55.8 Å². The molecule has 33 heavy (non-hydrogen) atoms. The largest absolute Gasteiger partial charge is 0.370 e. The average molecular weight is 569 g/mol. The van der Waals surface area contributed by atoms with Gasteiger partial charge in [-0.1, -0.05) is 12.1 Å². The van der Waals surface area contributed by atoms with Crippen LogP contribution >= 0.6 is 24.0 Å². The first-order valence-electron chi connectivity index (χ1n) is 11.8. The molecule has 3 rings (SSSR count). The number of halogens is 2. The zero-order chi connectivity index (χ0) is 22.8. The molecule has 0 atom stereocenters. The molecule has 2 heterocycles. The van der Waals surface area contributed by atoms with Crippen LogP contribution in [0.1, 0.15) is 44.9 Å². The highest BCUT2D eigenvalue weighted by molar-refractivity contribution is 14.0. The molecule has 0 bridgehead atoms. The third-order valence-corrected chi connectivity index (χ3v) is 5.92. The van der Waals surface area contributed by atoms with Crippen LogP contribution in [-0.2, 0) is 13.1 Å². The summed E-state index contributed by atoms with van der Waals surface area (Å²) in [6.45, 7) is 11.9. The van der Waals surface area contributed by atoms with E-state index < -0.39 is 0 Å². The summed E-state index contributed by atoms with van der Waals surface area (Å²) >= 11 is 0. The van der Waals surface area contributed by atoms with E-state index in [1.54, 1.807) is 6.07 Å². The maximum atomic E-state index is 14.6. The number of rotatable bonds is 9. The summed E-state index contributed by atoms with van der Waals surface area (Å²) in [7, 11) is 0. The Balaban J connectivity index is 0.00000385. The van der Waals surface area contributed by atoms with Gasteiger partial charge in [-0.05, 0) is 63.4 Å². The SMILES string of the molecule is CCNC(=NCc1ccc(N(CC)CC)c(F)c1)NC1CCN(Cc2ccccn2)CC1.I. The highest BCUT2D eigenvalue weighted by Gasteiger charge is 2.20. The molecule has 0 radical (unpaired) electrons. The Kier molecular flexibility index (Phi) is 11.9. The van der Waals surface area contributed by atoms with Crippen LogP contribution in [0.25, 0.3) is 0 Å². The lowest BCUT2D eigenvalue weighted by Crippen LogP contribution is -2.48. The van der Waals surface area contributed by atoms with Crippen molar-refractivity contribution >= 4 is 35.6 Å². The highest BCUT2D eigenvalue weighted by atomic mass is 127. The summed E-state index contributed by atoms with van der Waals surface area (Å²) < 4.78 is 14.6. The molecule has 1 aliphatic heterocycles. The number of hydrogen-bond acceptors (Lipinski definition) is 4. The lowest BCUT2D eigenvalue weighted by atomic mass is 10.0. The molecule has 0 spiro atoms. The summed E-state index contributed by atoms with van der Waals surface area (Å²) in [5.41, 5.74) is 2.65. The van der Waals surface area contributed by atoms with Gasteiger partial charge in [0.1, 0.15) is 5.82 Å². The van der Waals surface area contributed by atoms with E-state index in [4.69, 9.17) is 4.99 Å². The molecule has 1 aliphatic rings. The van der Waals surface area contributed by atoms with Crippen LogP contribution in [0.5, 0.6) is 0 Å². The van der Waals surface area contributed by atoms with Crippen molar-refractivity contribution in [2.75, 3.05) is 37.6 Å². The Labute approximate surface area is 215 Å². The molecule has 1 aromatic carbocycles. The van der Waals surface area contributed by atoms with Crippen LogP contribution in [-0.4, -0.2) is 54.6 Å². The van der Waals surface area contributed by atoms with Crippen LogP contribution in [0.2, 0.25) is 0 Å². The summed E-state index contributed by atoms with van der Waals surface area (Å²) in [6.07, 6.45) is 3.97. The second-order valence-electron chi connectivity index (χ2n) is 8.17. The molecular weight excluding hydrogens is 530 g/mol. The fourth-order valence-electron chi connectivity index (χ4n) is 4.11. The van der Waals surface area contributed by atoms with E-state index in [9.17, 15) is 4.39 Å². The Morgan fingerprint density at radius 3 is 2.52 bits per heavy atom. The van der Waals surface area contributed by atoms with Gasteiger partial charge in [-0.25, -0.2) is 9.38 Å². The monoisotopic (exact) mass is 568 g/mol. The molecule has 0 unspecified atom stereocenters. The number of pyridine rings is 1. The second kappa shape index (κ2) is 14.3. The van der Waals surface area contributed by atoms with E-state index >= 15 is 0 Å². The lowest BCUT2D eigenvalue weighted by molar-refractivity contribution is 0.196. The van der Waals surface area contributed by atoms with Crippen LogP contribution in [0.4, 0.5) is 10.1 Å². The third-order valence-electron chi connectivity index (χ3n) is 5.92. The van der Waals surface area contributed by atoms with E-state index in [2.05, 4.69) is 33.5 Å². The fraction of sp³-hybridized carbons (Fsp3) is 0.520. The maximum Gasteiger partial charge on any atom is 0.191 e. The zero-order valence-electron chi connectivity index (χ0n) is 20.1. The van der Waals surface area contributed by atoms with E-state index in [1.165, 1.54) is 0 Å². The highest BCUT2D eigenvalue weighted by Crippen LogP contribution is 2.21. The molecule has 0 saturated carbocycles. The van der Waals surface area contributed by atoms with Crippen LogP contribution in [0, 0.1) is 5.82 Å². The number of hydrogen-bond donors (Lipinski definition) is 2. The van der Waals surface area contributed by atoms with Crippen molar-refractivity contribution in [2.24, 2.45) is 4.99 Å². The van der Waals surface area contributed by atoms with Gasteiger partial charge in [-0.15, -0.1) is 24.0 Å². The molecule has 1 fully saturated rings. The van der Waals surface area contributed by atoms with Gasteiger partial charge in [-0.2, -0.15) is 0 Å². The minimum atomic E-state index is -0.181. The first-order chi connectivity index (χ1) is 15.6. The molecular formula is C25H38FIN6. The number of aromatic nitrogens is 1. The number of benzene rings is 1. The number of piperidine rings is 1. The minimum absolute atomic E-state index is 0. The van der Waals surface area contributed by atoms with Crippen LogP contribution in [0.15, 0.2) is 47.6 Å². The number of likely N-dealkylation sites (tertiary alicyclic amines) is 1. The first kappa shape index (κ1) is 27.3. The smallest absolute Gasteiger partial charge is 0.191 e. The summed E-state index contributed by atoms with van der Waals surface area (Å²) in [5, 5.41) is 6.90. The predicted octanol–water partition coefficient (Wildman–Crippen LogP) is 4.40. The molecule has 182 valence electrons. The van der Waals surface area contributed by atoms with Crippen molar-refractivity contribution in [2.45, 2.75) is 52.7 Å². The second-order valence-corrected chi connectivity index (χ2v) is 8.17. The van der Waals surface area contributed by atoms with Gasteiger partial charge < -0.3 is 15.5 Å². The summed E-state index contributed by atoms with van der Waals surface area (Å²) in [6, 6.07) is 11.9. The molecule has 6 nitrogen and oxygen atoms in total. The van der Waals surface area contributed by atoms with E-state index in [0.29, 0.717) is 18.3 Å². The zero-order valence-corrected chi connectivity index (χ0v) is 22.4. The van der Waals surface area contributed by atoms with Gasteiger partial charge in [0.05, 0.1) is 17.9 Å². The van der Waals surface area contributed by atoms with Crippen molar-refractivity contribution in [3.8, 4) is 0 Å². The van der Waals surface area contributed by atoms with Crippen molar-refractivity contribution in [1.82, 2.24) is 20.5 Å². The Bertz CT molecular complexity index is 851. The van der Waals surface area contributed by atoms with E-state index in [0.717, 1.165) is 69.3 Å². The number of guanidine groups is 1. The molecule has 1 saturated heterocycles. The summed E-state index contributed by atoms with van der Waals surface area (Å²) in [5.74, 6) is 0.614.